The number of ether oxygens (including phenoxy) is 9. The lowest BCUT2D eigenvalue weighted by molar-refractivity contribution is -0.176. The predicted octanol–water partition coefficient (Wildman–Crippen LogP) is 34.2. The van der Waals surface area contributed by atoms with Gasteiger partial charge in [-0.15, -0.1) is 0 Å². The van der Waals surface area contributed by atoms with Crippen molar-refractivity contribution in [3.63, 3.8) is 0 Å². The zero-order chi connectivity index (χ0) is 105. The Morgan fingerprint density at radius 2 is 0.546 bits per heavy atom. The van der Waals surface area contributed by atoms with Crippen LogP contribution in [0.1, 0.15) is 407 Å². The fraction of sp³-hybridized carbons (Fsp3) is 0.548. The van der Waals surface area contributed by atoms with Gasteiger partial charge in [-0.05, 0) is 340 Å². The number of rotatable bonds is 34. The van der Waals surface area contributed by atoms with E-state index in [9.17, 15) is 14.4 Å². The fourth-order valence-corrected chi connectivity index (χ4v) is 15.9. The second kappa shape index (κ2) is 61.9. The van der Waals surface area contributed by atoms with E-state index < -0.39 is 33.0 Å². The highest BCUT2D eigenvalue weighted by atomic mass is 16.7. The second-order valence-corrected chi connectivity index (χ2v) is 42.2. The number of carbonyl (C=O) groups is 3. The van der Waals surface area contributed by atoms with Crippen LogP contribution < -0.4 is 14.2 Å². The first-order chi connectivity index (χ1) is 66.7. The molecule has 3 aliphatic rings. The van der Waals surface area contributed by atoms with Crippen molar-refractivity contribution in [1.29, 1.82) is 0 Å². The molecule has 3 N–H and O–H groups in total. The van der Waals surface area contributed by atoms with E-state index in [0.29, 0.717) is 70.5 Å². The monoisotopic (exact) mass is 1940 g/mol. The topological polar surface area (TPSA) is 195 Å². The van der Waals surface area contributed by atoms with Crippen LogP contribution in [0.4, 0.5) is 0 Å². The van der Waals surface area contributed by atoms with E-state index in [-0.39, 0.29) is 36.8 Å². The van der Waals surface area contributed by atoms with Crippen molar-refractivity contribution < 1.29 is 72.3 Å². The molecule has 9 aromatic carbocycles. The highest BCUT2D eigenvalue weighted by Gasteiger charge is 2.44. The molecule has 141 heavy (non-hydrogen) atoms. The van der Waals surface area contributed by atoms with Crippen LogP contribution in [0.25, 0.3) is 0 Å². The molecule has 11 unspecified atom stereocenters. The molecule has 0 radical (unpaired) electrons. The van der Waals surface area contributed by atoms with Gasteiger partial charge in [0.25, 0.3) is 0 Å². The van der Waals surface area contributed by atoms with Crippen molar-refractivity contribution >= 4 is 17.9 Å². The Hall–Kier alpha value is -9.93. The Kier molecular flexibility index (Phi) is 54.2. The smallest absolute Gasteiger partial charge is 0.312 e. The fourth-order valence-electron chi connectivity index (χ4n) is 15.9. The Bertz CT molecular complexity index is 4630. The minimum absolute atomic E-state index is 0.0641. The lowest BCUT2D eigenvalue weighted by Crippen LogP contribution is -2.39. The van der Waals surface area contributed by atoms with Gasteiger partial charge in [0, 0.05) is 39.1 Å². The van der Waals surface area contributed by atoms with Crippen LogP contribution in [0.2, 0.25) is 0 Å². The third-order valence-electron chi connectivity index (χ3n) is 28.8. The molecule has 0 aromatic heterocycles. The number of aryl methyl sites for hydroxylation is 2. The van der Waals surface area contributed by atoms with Gasteiger partial charge in [0.2, 0.25) is 18.9 Å². The Labute approximate surface area is 854 Å². The molecule has 3 aliphatic carbocycles. The van der Waals surface area contributed by atoms with Crippen molar-refractivity contribution in [2.75, 3.05) is 21.3 Å². The third kappa shape index (κ3) is 40.7. The average Bonchev–Trinajstić information content (AvgIpc) is 1.77. The lowest BCUT2D eigenvalue weighted by atomic mass is 9.79. The zero-order valence-corrected chi connectivity index (χ0v) is 93.0. The van der Waals surface area contributed by atoms with E-state index in [2.05, 4.69) is 210 Å². The van der Waals surface area contributed by atoms with Gasteiger partial charge in [0.05, 0.1) is 16.2 Å². The van der Waals surface area contributed by atoms with Gasteiger partial charge in [-0.25, -0.2) is 0 Å². The first kappa shape index (κ1) is 123. The van der Waals surface area contributed by atoms with Gasteiger partial charge in [0.1, 0.15) is 51.3 Å². The van der Waals surface area contributed by atoms with Gasteiger partial charge < -0.3 is 58.0 Å². The maximum Gasteiger partial charge on any atom is 0.312 e. The van der Waals surface area contributed by atoms with Gasteiger partial charge >= 0.3 is 17.9 Å². The van der Waals surface area contributed by atoms with Gasteiger partial charge in [-0.3, -0.25) is 14.4 Å². The van der Waals surface area contributed by atoms with Crippen LogP contribution in [-0.4, -0.2) is 73.4 Å². The maximum absolute atomic E-state index is 12.5. The van der Waals surface area contributed by atoms with E-state index in [0.717, 1.165) is 138 Å². The van der Waals surface area contributed by atoms with Crippen molar-refractivity contribution in [1.82, 2.24) is 0 Å². The van der Waals surface area contributed by atoms with E-state index in [4.69, 9.17) is 58.0 Å². The minimum Gasteiger partial charge on any atom is -0.508 e. The molecule has 1 fully saturated rings. The minimum atomic E-state index is -0.460. The largest absolute Gasteiger partial charge is 0.508 e. The molecule has 12 rings (SSSR count). The number of fused-ring (bicyclic) bond motifs is 2. The predicted molar refractivity (Wildman–Crippen MR) is 585 cm³/mol. The van der Waals surface area contributed by atoms with Crippen LogP contribution in [0, 0.1) is 34.0 Å². The van der Waals surface area contributed by atoms with Crippen molar-refractivity contribution in [3.8, 4) is 34.5 Å². The van der Waals surface area contributed by atoms with Crippen molar-refractivity contribution in [3.05, 3.63) is 286 Å². The summed E-state index contributed by atoms with van der Waals surface area (Å²) in [6, 6.07) is 74.1. The average molecular weight is 1940 g/mol. The molecule has 0 heterocycles. The third-order valence-corrected chi connectivity index (χ3v) is 28.8. The summed E-state index contributed by atoms with van der Waals surface area (Å²) in [5, 5.41) is 27.0. The van der Waals surface area contributed by atoms with Crippen molar-refractivity contribution in [2.24, 2.45) is 34.0 Å². The number of aromatic hydroxyl groups is 3. The maximum atomic E-state index is 12.5. The molecule has 9 aromatic rings. The van der Waals surface area contributed by atoms with E-state index in [1.807, 2.05) is 178 Å². The summed E-state index contributed by atoms with van der Waals surface area (Å²) < 4.78 is 51.0. The summed E-state index contributed by atoms with van der Waals surface area (Å²) in [7, 11) is 5.04. The SMILES string of the molecule is CCC(C)(C)C(=O)OC1(C)CCCc2ccccc21.CCC(C)(C)C(=O)OC1(C)CCc2ccccc21.CCC(C)(C)C(=O)OC1(c2ccccc2)CCCCC1.CCC(C)c1ccc(O)cc1.CCC(C)c1ccc(O)cc1.CCC(C)c1ccc(O)cc1.CCC(C)c1ccc(OC(OC)C(C)C)cc1.CCC(C)c1ccc(OC(OC)C(C)C)cc1.CCC(C)c1ccc(OC(OC)C(C)C)cc1. The standard InChI is InChI=1S/C18H26O2.C17H24O2.C16H22O2.3C15H24O2.3C10H14O/c1-4-17(2,3)16(19)20-18(13-9-6-10-14-18)15-11-7-5-8-12-15;1-5-16(2,3)15(18)19-17(4)12-8-10-13-9-6-7-11-14(13)17;1-5-15(2,3)14(17)18-16(4)11-10-12-8-6-7-9-13(12)16;3*1-6-12(4)13-7-9-14(10-8-13)17-15(16-5)11(2)3;3*1-3-8(2)9-4-6-10(11)7-5-9/h5,7-8,11-12H,4,6,9-10,13-14H2,1-3H3;6-7,9,11H,5,8,10,12H2,1-4H3;6-9H,5,10-11H2,1-4H3;3*7-12,15H,6H2,1-5H3;3*4-8,11H,3H2,1-2H3. The van der Waals surface area contributed by atoms with Crippen LogP contribution in [-0.2, 0) is 72.4 Å². The zero-order valence-electron chi connectivity index (χ0n) is 93.0. The van der Waals surface area contributed by atoms with E-state index in [1.165, 1.54) is 62.1 Å². The molecule has 15 heteroatoms. The van der Waals surface area contributed by atoms with Crippen LogP contribution >= 0.6 is 0 Å². The number of methoxy groups -OCH3 is 3. The van der Waals surface area contributed by atoms with Crippen LogP contribution in [0.3, 0.4) is 0 Å². The summed E-state index contributed by atoms with van der Waals surface area (Å²) in [6.45, 7) is 60.8. The molecule has 780 valence electrons. The molecule has 0 saturated heterocycles. The molecular formula is C126H186O15. The molecule has 0 amide bonds. The molecule has 15 nitrogen and oxygen atoms in total. The van der Waals surface area contributed by atoms with Gasteiger partial charge in [-0.1, -0.05) is 303 Å². The summed E-state index contributed by atoms with van der Waals surface area (Å²) in [5.74, 6) is 8.02. The van der Waals surface area contributed by atoms with Crippen LogP contribution in [0.5, 0.6) is 34.5 Å². The number of carbonyl (C=O) groups excluding carboxylic acids is 3. The van der Waals surface area contributed by atoms with Crippen LogP contribution in [0.15, 0.2) is 224 Å². The quantitative estimate of drug-likeness (QED) is 0.0196. The van der Waals surface area contributed by atoms with Gasteiger partial charge in [0.15, 0.2) is 0 Å². The first-order valence-corrected chi connectivity index (χ1v) is 52.9. The second-order valence-electron chi connectivity index (χ2n) is 42.2. The Morgan fingerprint density at radius 1 is 0.298 bits per heavy atom. The molecule has 11 atom stereocenters. The summed E-state index contributed by atoms with van der Waals surface area (Å²) in [5.41, 5.74) is 11.6. The Morgan fingerprint density at radius 3 is 0.809 bits per heavy atom. The highest BCUT2D eigenvalue weighted by molar-refractivity contribution is 5.78. The van der Waals surface area contributed by atoms with Gasteiger partial charge in [-0.2, -0.15) is 0 Å². The van der Waals surface area contributed by atoms with Crippen molar-refractivity contribution in [2.45, 2.75) is 394 Å². The number of phenols is 3. The van der Waals surface area contributed by atoms with E-state index in [1.54, 1.807) is 57.7 Å². The van der Waals surface area contributed by atoms with E-state index >= 15 is 0 Å². The summed E-state index contributed by atoms with van der Waals surface area (Å²) >= 11 is 0. The lowest BCUT2D eigenvalue weighted by Gasteiger charge is -2.39. The number of benzene rings is 9. The molecule has 1 saturated carbocycles. The highest BCUT2D eigenvalue weighted by Crippen LogP contribution is 2.45. The number of esters is 3. The molecule has 0 aliphatic heterocycles. The number of hydrogen-bond donors (Lipinski definition) is 3. The first-order valence-electron chi connectivity index (χ1n) is 52.9. The number of phenolic OH excluding ortho intramolecular Hbond substituents is 3. The summed E-state index contributed by atoms with van der Waals surface area (Å²) in [6.07, 6.45) is 19.1. The Balaban J connectivity index is 0.000000333. The molecule has 0 bridgehead atoms. The molecular weight excluding hydrogens is 1750 g/mol. The summed E-state index contributed by atoms with van der Waals surface area (Å²) in [4.78, 5) is 37.1. The number of hydrogen-bond acceptors (Lipinski definition) is 15. The molecule has 0 spiro atoms. The normalized spacial score (nSPS) is 16.9.